The normalized spacial score (nSPS) is 21.6. The van der Waals surface area contributed by atoms with Crippen molar-refractivity contribution in [3.8, 4) is 0 Å². The Morgan fingerprint density at radius 3 is 2.35 bits per heavy atom. The van der Waals surface area contributed by atoms with Crippen LogP contribution in [0, 0.1) is 5.82 Å². The molecule has 4 nitrogen and oxygen atoms in total. The highest BCUT2D eigenvalue weighted by Crippen LogP contribution is 2.31. The van der Waals surface area contributed by atoms with Crippen molar-refractivity contribution in [2.75, 3.05) is 38.5 Å². The third-order valence-electron chi connectivity index (χ3n) is 5.80. The van der Waals surface area contributed by atoms with Crippen LogP contribution in [0.25, 0.3) is 0 Å². The van der Waals surface area contributed by atoms with Crippen LogP contribution < -0.4 is 5.73 Å². The van der Waals surface area contributed by atoms with Crippen molar-refractivity contribution >= 4 is 17.7 Å². The van der Waals surface area contributed by atoms with Gasteiger partial charge in [-0.3, -0.25) is 9.69 Å². The molecule has 0 aliphatic carbocycles. The topological polar surface area (TPSA) is 49.6 Å². The quantitative estimate of drug-likeness (QED) is 0.584. The summed E-state index contributed by atoms with van der Waals surface area (Å²) in [5.74, 6) is 0.704. The number of rotatable bonds is 7. The molecule has 0 spiro atoms. The molecule has 1 aromatic rings. The number of halogens is 1. The predicted octanol–water partition coefficient (Wildman–Crippen LogP) is 3.11. The van der Waals surface area contributed by atoms with E-state index in [1.807, 2.05) is 12.1 Å². The minimum absolute atomic E-state index is 0.133. The highest BCUT2D eigenvalue weighted by molar-refractivity contribution is 7.99. The van der Waals surface area contributed by atoms with Crippen molar-refractivity contribution in [3.63, 3.8) is 0 Å². The van der Waals surface area contributed by atoms with Gasteiger partial charge in [-0.15, -0.1) is 11.8 Å². The lowest BCUT2D eigenvalue weighted by Gasteiger charge is -2.48. The third-order valence-corrected chi connectivity index (χ3v) is 6.90. The first-order chi connectivity index (χ1) is 12.6. The molecule has 2 fully saturated rings. The maximum absolute atomic E-state index is 12.9. The Labute approximate surface area is 160 Å². The first kappa shape index (κ1) is 19.6. The van der Waals surface area contributed by atoms with E-state index in [2.05, 4.69) is 9.80 Å². The van der Waals surface area contributed by atoms with E-state index in [9.17, 15) is 9.18 Å². The van der Waals surface area contributed by atoms with Crippen LogP contribution in [0.5, 0.6) is 0 Å². The molecular formula is C20H30FN3OS. The number of hydrogen-bond acceptors (Lipinski definition) is 4. The molecule has 0 aromatic heterocycles. The molecule has 2 heterocycles. The van der Waals surface area contributed by atoms with E-state index in [1.165, 1.54) is 31.4 Å². The predicted molar refractivity (Wildman–Crippen MR) is 105 cm³/mol. The van der Waals surface area contributed by atoms with Crippen molar-refractivity contribution in [2.24, 2.45) is 5.73 Å². The molecule has 144 valence electrons. The Hall–Kier alpha value is -1.11. The van der Waals surface area contributed by atoms with Gasteiger partial charge in [0.25, 0.3) is 0 Å². The monoisotopic (exact) mass is 379 g/mol. The zero-order valence-electron chi connectivity index (χ0n) is 15.5. The fourth-order valence-corrected chi connectivity index (χ4v) is 5.03. The number of thioether (sulfide) groups is 1. The Balaban J connectivity index is 1.42. The highest BCUT2D eigenvalue weighted by atomic mass is 32.2. The van der Waals surface area contributed by atoms with Crippen LogP contribution in [-0.2, 0) is 4.79 Å². The Morgan fingerprint density at radius 1 is 1.08 bits per heavy atom. The zero-order chi connectivity index (χ0) is 18.4. The van der Waals surface area contributed by atoms with Crippen LogP contribution in [-0.4, -0.2) is 59.7 Å². The van der Waals surface area contributed by atoms with E-state index >= 15 is 0 Å². The molecule has 2 aliphatic rings. The first-order valence-corrected chi connectivity index (χ1v) is 10.7. The smallest absolute Gasteiger partial charge is 0.238 e. The van der Waals surface area contributed by atoms with E-state index in [1.54, 1.807) is 11.8 Å². The largest absolute Gasteiger partial charge is 0.368 e. The summed E-state index contributed by atoms with van der Waals surface area (Å²) < 4.78 is 12.9. The second-order valence-corrected chi connectivity index (χ2v) is 8.61. The molecule has 0 unspecified atom stereocenters. The number of benzene rings is 1. The second kappa shape index (κ2) is 9.20. The molecule has 0 bridgehead atoms. The van der Waals surface area contributed by atoms with Crippen LogP contribution in [0.15, 0.2) is 29.2 Å². The van der Waals surface area contributed by atoms with Crippen LogP contribution in [0.1, 0.15) is 38.5 Å². The van der Waals surface area contributed by atoms with Crippen molar-refractivity contribution < 1.29 is 9.18 Å². The molecule has 2 aliphatic heterocycles. The molecule has 2 saturated heterocycles. The van der Waals surface area contributed by atoms with Crippen molar-refractivity contribution in [3.05, 3.63) is 30.1 Å². The van der Waals surface area contributed by atoms with Gasteiger partial charge in [-0.05, 0) is 81.8 Å². The summed E-state index contributed by atoms with van der Waals surface area (Å²) in [5.41, 5.74) is 5.43. The summed E-state index contributed by atoms with van der Waals surface area (Å²) in [6.45, 7) is 4.96. The molecule has 6 heteroatoms. The molecule has 1 aromatic carbocycles. The summed E-state index contributed by atoms with van der Waals surface area (Å²) in [7, 11) is 0. The number of piperidine rings is 2. The average Bonchev–Trinajstić information content (AvgIpc) is 2.68. The molecule has 1 amide bonds. The summed E-state index contributed by atoms with van der Waals surface area (Å²) in [6.07, 6.45) is 6.43. The lowest BCUT2D eigenvalue weighted by molar-refractivity contribution is -0.134. The second-order valence-electron chi connectivity index (χ2n) is 7.44. The number of carbonyl (C=O) groups is 1. The molecule has 2 N–H and O–H groups in total. The number of nitrogens with two attached hydrogens (primary N) is 1. The molecule has 3 rings (SSSR count). The van der Waals surface area contributed by atoms with E-state index in [-0.39, 0.29) is 11.7 Å². The molecule has 0 saturated carbocycles. The average molecular weight is 380 g/mol. The number of hydrogen-bond donors (Lipinski definition) is 1. The maximum atomic E-state index is 12.9. The summed E-state index contributed by atoms with van der Waals surface area (Å²) in [5, 5.41) is 0. The van der Waals surface area contributed by atoms with E-state index in [0.29, 0.717) is 0 Å². The van der Waals surface area contributed by atoms with Gasteiger partial charge >= 0.3 is 0 Å². The Bertz CT molecular complexity index is 581. The van der Waals surface area contributed by atoms with Crippen LogP contribution in [0.3, 0.4) is 0 Å². The fourth-order valence-electron chi connectivity index (χ4n) is 4.20. The molecular weight excluding hydrogens is 349 g/mol. The van der Waals surface area contributed by atoms with E-state index < -0.39 is 5.54 Å². The molecule has 26 heavy (non-hydrogen) atoms. The van der Waals surface area contributed by atoms with Crippen LogP contribution in [0.2, 0.25) is 0 Å². The first-order valence-electron chi connectivity index (χ1n) is 9.76. The standard InChI is InChI=1S/C20H30FN3OS/c21-17-5-7-18(8-6-17)26-16-4-11-23-14-9-20(10-15-23,19(22)25)24-12-2-1-3-13-24/h5-8H,1-4,9-16H2,(H2,22,25). The van der Waals surface area contributed by atoms with Gasteiger partial charge in [0.15, 0.2) is 0 Å². The van der Waals surface area contributed by atoms with Gasteiger partial charge in [0.2, 0.25) is 5.91 Å². The van der Waals surface area contributed by atoms with Gasteiger partial charge < -0.3 is 10.6 Å². The number of primary amides is 1. The van der Waals surface area contributed by atoms with Gasteiger partial charge in [0.1, 0.15) is 11.4 Å². The fraction of sp³-hybridized carbons (Fsp3) is 0.650. The number of carbonyl (C=O) groups excluding carboxylic acids is 1. The maximum Gasteiger partial charge on any atom is 0.238 e. The van der Waals surface area contributed by atoms with Gasteiger partial charge in [-0.25, -0.2) is 4.39 Å². The SMILES string of the molecule is NC(=O)C1(N2CCCCC2)CCN(CCCSc2ccc(F)cc2)CC1. The van der Waals surface area contributed by atoms with E-state index in [0.717, 1.165) is 62.6 Å². The van der Waals surface area contributed by atoms with Crippen molar-refractivity contribution in [2.45, 2.75) is 49.0 Å². The van der Waals surface area contributed by atoms with E-state index in [4.69, 9.17) is 5.73 Å². The minimum Gasteiger partial charge on any atom is -0.368 e. The minimum atomic E-state index is -0.417. The Morgan fingerprint density at radius 2 is 1.73 bits per heavy atom. The molecule has 0 radical (unpaired) electrons. The number of amides is 1. The summed E-state index contributed by atoms with van der Waals surface area (Å²) in [4.78, 5) is 18.2. The lowest BCUT2D eigenvalue weighted by atomic mass is 9.83. The van der Waals surface area contributed by atoms with Crippen LogP contribution >= 0.6 is 11.8 Å². The summed E-state index contributed by atoms with van der Waals surface area (Å²) in [6, 6.07) is 6.69. The van der Waals surface area contributed by atoms with Crippen LogP contribution in [0.4, 0.5) is 4.39 Å². The lowest BCUT2D eigenvalue weighted by Crippen LogP contribution is -2.63. The number of likely N-dealkylation sites (tertiary alicyclic amines) is 2. The highest BCUT2D eigenvalue weighted by Gasteiger charge is 2.44. The van der Waals surface area contributed by atoms with Gasteiger partial charge in [-0.2, -0.15) is 0 Å². The molecule has 0 atom stereocenters. The van der Waals surface area contributed by atoms with Crippen molar-refractivity contribution in [1.29, 1.82) is 0 Å². The summed E-state index contributed by atoms with van der Waals surface area (Å²) >= 11 is 1.77. The van der Waals surface area contributed by atoms with Crippen molar-refractivity contribution in [1.82, 2.24) is 9.80 Å². The third kappa shape index (κ3) is 4.78. The van der Waals surface area contributed by atoms with Gasteiger partial charge in [0, 0.05) is 18.0 Å². The van der Waals surface area contributed by atoms with Gasteiger partial charge in [-0.1, -0.05) is 6.42 Å². The van der Waals surface area contributed by atoms with Gasteiger partial charge in [0.05, 0.1) is 0 Å². The Kier molecular flexibility index (Phi) is 6.95. The zero-order valence-corrected chi connectivity index (χ0v) is 16.3. The number of nitrogens with zero attached hydrogens (tertiary/aromatic N) is 2.